The van der Waals surface area contributed by atoms with Gasteiger partial charge in [0.25, 0.3) is 0 Å². The van der Waals surface area contributed by atoms with Crippen LogP contribution in [0.4, 0.5) is 4.79 Å². The smallest absolute Gasteiger partial charge is 0.465 e. The number of aliphatic hydroxyl groups is 1. The summed E-state index contributed by atoms with van der Waals surface area (Å²) in [5.74, 6) is 0. The number of carboxylic acid groups (broad SMARTS) is 1. The molecule has 0 radical (unpaired) electrons. The van der Waals surface area contributed by atoms with Gasteiger partial charge in [-0.05, 0) is 38.7 Å². The zero-order chi connectivity index (χ0) is 16.5. The summed E-state index contributed by atoms with van der Waals surface area (Å²) in [5, 5.41) is 20.3. The number of hydrogen-bond acceptors (Lipinski definition) is 4. The monoisotopic (exact) mass is 307 g/mol. The van der Waals surface area contributed by atoms with Gasteiger partial charge in [-0.15, -0.1) is 0 Å². The second kappa shape index (κ2) is 5.91. The second-order valence-electron chi connectivity index (χ2n) is 6.44. The number of amides is 1. The molecule has 1 heterocycles. The van der Waals surface area contributed by atoms with Crippen molar-refractivity contribution in [2.45, 2.75) is 44.9 Å². The first kappa shape index (κ1) is 16.8. The third-order valence-corrected chi connectivity index (χ3v) is 4.34. The van der Waals surface area contributed by atoms with Crippen molar-refractivity contribution in [3.05, 3.63) is 29.8 Å². The van der Waals surface area contributed by atoms with E-state index in [2.05, 4.69) is 5.32 Å². The lowest BCUT2D eigenvalue weighted by molar-refractivity contribution is 0.00578. The third kappa shape index (κ3) is 3.26. The van der Waals surface area contributed by atoms with Crippen LogP contribution in [0.5, 0.6) is 0 Å². The predicted molar refractivity (Wildman–Crippen MR) is 83.1 cm³/mol. The molecule has 1 aliphatic rings. The van der Waals surface area contributed by atoms with Gasteiger partial charge in [-0.25, -0.2) is 4.79 Å². The fraction of sp³-hybridized carbons (Fsp3) is 0.533. The highest BCUT2D eigenvalue weighted by molar-refractivity contribution is 6.62. The average Bonchev–Trinajstić information content (AvgIpc) is 2.65. The minimum atomic E-state index is -1.17. The standard InChI is InChI=1S/C15H22BNO5/c1-14(2)15(3,4)22-16(21-14)11-7-5-10(6-8-11)12(9-18)17-13(19)20/h5-8,12,17-18H,9H2,1-4H3,(H,19,20). The lowest BCUT2D eigenvalue weighted by Crippen LogP contribution is -2.41. The van der Waals surface area contributed by atoms with Crippen molar-refractivity contribution in [1.29, 1.82) is 0 Å². The summed E-state index contributed by atoms with van der Waals surface area (Å²) in [6, 6.07) is 6.52. The van der Waals surface area contributed by atoms with Crippen molar-refractivity contribution in [2.24, 2.45) is 0 Å². The maximum atomic E-state index is 10.7. The molecule has 3 N–H and O–H groups in total. The van der Waals surface area contributed by atoms with Crippen LogP contribution in [0.1, 0.15) is 39.3 Å². The van der Waals surface area contributed by atoms with E-state index >= 15 is 0 Å². The Morgan fingerprint density at radius 1 is 1.18 bits per heavy atom. The Kier molecular flexibility index (Phi) is 4.51. The van der Waals surface area contributed by atoms with Crippen LogP contribution in [0.15, 0.2) is 24.3 Å². The van der Waals surface area contributed by atoms with Crippen molar-refractivity contribution >= 4 is 18.7 Å². The number of rotatable bonds is 4. The summed E-state index contributed by atoms with van der Waals surface area (Å²) in [7, 11) is -0.459. The largest absolute Gasteiger partial charge is 0.494 e. The van der Waals surface area contributed by atoms with E-state index in [1.807, 2.05) is 39.8 Å². The molecule has 1 saturated heterocycles. The van der Waals surface area contributed by atoms with E-state index in [0.717, 1.165) is 5.46 Å². The highest BCUT2D eigenvalue weighted by atomic mass is 16.7. The van der Waals surface area contributed by atoms with Crippen LogP contribution in [0, 0.1) is 0 Å². The Hall–Kier alpha value is -1.57. The van der Waals surface area contributed by atoms with Crippen LogP contribution in [-0.4, -0.2) is 41.2 Å². The second-order valence-corrected chi connectivity index (χ2v) is 6.44. The molecule has 0 saturated carbocycles. The third-order valence-electron chi connectivity index (χ3n) is 4.34. The quantitative estimate of drug-likeness (QED) is 0.730. The Balaban J connectivity index is 2.15. The highest BCUT2D eigenvalue weighted by Gasteiger charge is 2.51. The van der Waals surface area contributed by atoms with Crippen LogP contribution in [-0.2, 0) is 9.31 Å². The van der Waals surface area contributed by atoms with Gasteiger partial charge in [0, 0.05) is 0 Å². The van der Waals surface area contributed by atoms with Gasteiger partial charge in [0.15, 0.2) is 0 Å². The van der Waals surface area contributed by atoms with E-state index in [4.69, 9.17) is 14.4 Å². The van der Waals surface area contributed by atoms with E-state index in [1.165, 1.54) is 0 Å². The van der Waals surface area contributed by atoms with Crippen molar-refractivity contribution in [3.8, 4) is 0 Å². The van der Waals surface area contributed by atoms with E-state index in [-0.39, 0.29) is 6.61 Å². The molecule has 1 fully saturated rings. The number of benzene rings is 1. The number of carbonyl (C=O) groups is 1. The molecule has 2 rings (SSSR count). The molecular formula is C15H22BNO5. The lowest BCUT2D eigenvalue weighted by atomic mass is 9.78. The van der Waals surface area contributed by atoms with Gasteiger partial charge in [-0.1, -0.05) is 24.3 Å². The van der Waals surface area contributed by atoms with Gasteiger partial charge in [-0.2, -0.15) is 0 Å². The van der Waals surface area contributed by atoms with Crippen LogP contribution in [0.3, 0.4) is 0 Å². The van der Waals surface area contributed by atoms with Gasteiger partial charge in [0.2, 0.25) is 0 Å². The van der Waals surface area contributed by atoms with Gasteiger partial charge in [-0.3, -0.25) is 0 Å². The maximum absolute atomic E-state index is 10.7. The summed E-state index contributed by atoms with van der Waals surface area (Å²) in [6.45, 7) is 7.64. The van der Waals surface area contributed by atoms with E-state index in [0.29, 0.717) is 5.56 Å². The van der Waals surface area contributed by atoms with Crippen LogP contribution >= 0.6 is 0 Å². The maximum Gasteiger partial charge on any atom is 0.494 e. The first-order chi connectivity index (χ1) is 10.2. The van der Waals surface area contributed by atoms with E-state index in [9.17, 15) is 9.90 Å². The molecule has 1 aliphatic heterocycles. The minimum absolute atomic E-state index is 0.303. The summed E-state index contributed by atoms with van der Waals surface area (Å²) < 4.78 is 11.9. The fourth-order valence-electron chi connectivity index (χ4n) is 2.25. The van der Waals surface area contributed by atoms with Gasteiger partial charge < -0.3 is 24.8 Å². The minimum Gasteiger partial charge on any atom is -0.465 e. The zero-order valence-electron chi connectivity index (χ0n) is 13.3. The van der Waals surface area contributed by atoms with Gasteiger partial charge in [0.1, 0.15) is 0 Å². The molecule has 22 heavy (non-hydrogen) atoms. The molecule has 1 unspecified atom stereocenters. The van der Waals surface area contributed by atoms with Gasteiger partial charge >= 0.3 is 13.2 Å². The Bertz CT molecular complexity index is 527. The molecular weight excluding hydrogens is 285 g/mol. The van der Waals surface area contributed by atoms with Crippen molar-refractivity contribution in [3.63, 3.8) is 0 Å². The number of hydrogen-bond donors (Lipinski definition) is 3. The molecule has 1 atom stereocenters. The molecule has 6 nitrogen and oxygen atoms in total. The average molecular weight is 307 g/mol. The molecule has 0 bridgehead atoms. The van der Waals surface area contributed by atoms with Crippen LogP contribution in [0.25, 0.3) is 0 Å². The summed E-state index contributed by atoms with van der Waals surface area (Å²) in [4.78, 5) is 10.7. The van der Waals surface area contributed by atoms with Crippen LogP contribution in [0.2, 0.25) is 0 Å². The lowest BCUT2D eigenvalue weighted by Gasteiger charge is -2.32. The number of nitrogens with one attached hydrogen (secondary N) is 1. The summed E-state index contributed by atoms with van der Waals surface area (Å²) >= 11 is 0. The summed E-state index contributed by atoms with van der Waals surface area (Å²) in [5.41, 5.74) is 0.725. The van der Waals surface area contributed by atoms with Crippen molar-refractivity contribution in [1.82, 2.24) is 5.32 Å². The van der Waals surface area contributed by atoms with Crippen molar-refractivity contribution < 1.29 is 24.3 Å². The van der Waals surface area contributed by atoms with E-state index in [1.54, 1.807) is 12.1 Å². The topological polar surface area (TPSA) is 88.0 Å². The normalized spacial score (nSPS) is 20.7. The molecule has 1 amide bonds. The first-order valence-corrected chi connectivity index (χ1v) is 7.22. The zero-order valence-corrected chi connectivity index (χ0v) is 13.3. The molecule has 0 spiro atoms. The number of aliphatic hydroxyl groups excluding tert-OH is 1. The van der Waals surface area contributed by atoms with E-state index < -0.39 is 30.5 Å². The highest BCUT2D eigenvalue weighted by Crippen LogP contribution is 2.36. The molecule has 120 valence electrons. The molecule has 1 aromatic carbocycles. The molecule has 7 heteroatoms. The summed E-state index contributed by atoms with van der Waals surface area (Å²) in [6.07, 6.45) is -1.17. The SMILES string of the molecule is CC1(C)OB(c2ccc(C(CO)NC(=O)O)cc2)OC1(C)C. The van der Waals surface area contributed by atoms with Gasteiger partial charge in [0.05, 0.1) is 23.9 Å². The fourth-order valence-corrected chi connectivity index (χ4v) is 2.25. The Labute approximate surface area is 130 Å². The molecule has 1 aromatic rings. The predicted octanol–water partition coefficient (Wildman–Crippen LogP) is 1.29. The first-order valence-electron chi connectivity index (χ1n) is 7.22. The van der Waals surface area contributed by atoms with Crippen LogP contribution < -0.4 is 10.8 Å². The Morgan fingerprint density at radius 2 is 1.68 bits per heavy atom. The Morgan fingerprint density at radius 3 is 2.09 bits per heavy atom. The van der Waals surface area contributed by atoms with Crippen molar-refractivity contribution in [2.75, 3.05) is 6.61 Å². The molecule has 0 aromatic heterocycles. The molecule has 0 aliphatic carbocycles.